The first-order valence-corrected chi connectivity index (χ1v) is 10.6. The minimum absolute atomic E-state index is 0.0890. The first-order chi connectivity index (χ1) is 14.6. The van der Waals surface area contributed by atoms with Crippen LogP contribution >= 0.6 is 0 Å². The summed E-state index contributed by atoms with van der Waals surface area (Å²) >= 11 is 0. The molecule has 2 aliphatic rings. The standard InChI is InChI=1S/C23H27N5O2/c1-15(2)28-14-25-20-8-17(10-24-22(20)28)23(29)26-18-9-19-13-30-21(12-27(19)11-18)16-6-4-3-5-7-16/h3-8,10,14-15,18-19,21H,9,11-13H2,1-2H3,(H,26,29)/t18-,19+,21-/m1/s1. The van der Waals surface area contributed by atoms with Gasteiger partial charge < -0.3 is 14.6 Å². The van der Waals surface area contributed by atoms with Gasteiger partial charge in [-0.2, -0.15) is 0 Å². The molecule has 2 fully saturated rings. The highest BCUT2D eigenvalue weighted by molar-refractivity contribution is 5.96. The average Bonchev–Trinajstić information content (AvgIpc) is 3.36. The average molecular weight is 406 g/mol. The number of hydrogen-bond acceptors (Lipinski definition) is 5. The van der Waals surface area contributed by atoms with Crippen LogP contribution in [0, 0.1) is 0 Å². The number of hydrogen-bond donors (Lipinski definition) is 1. The molecule has 0 bridgehead atoms. The molecule has 1 amide bonds. The number of imidazole rings is 1. The maximum atomic E-state index is 12.8. The van der Waals surface area contributed by atoms with Crippen LogP contribution in [-0.4, -0.2) is 57.1 Å². The predicted octanol–water partition coefficient (Wildman–Crippen LogP) is 2.96. The summed E-state index contributed by atoms with van der Waals surface area (Å²) in [6, 6.07) is 12.9. The molecule has 2 saturated heterocycles. The molecule has 0 saturated carbocycles. The Morgan fingerprint density at radius 1 is 1.20 bits per heavy atom. The molecule has 4 heterocycles. The molecule has 5 rings (SSSR count). The SMILES string of the molecule is CC(C)n1cnc2cc(C(=O)N[C@@H]3C[C@H]4CO[C@@H](c5ccccc5)CN4C3)cnc21. The summed E-state index contributed by atoms with van der Waals surface area (Å²) in [7, 11) is 0. The van der Waals surface area contributed by atoms with Gasteiger partial charge in [-0.1, -0.05) is 30.3 Å². The summed E-state index contributed by atoms with van der Waals surface area (Å²) < 4.78 is 8.12. The maximum Gasteiger partial charge on any atom is 0.253 e. The van der Waals surface area contributed by atoms with E-state index in [2.05, 4.69) is 46.2 Å². The van der Waals surface area contributed by atoms with Gasteiger partial charge in [-0.05, 0) is 31.9 Å². The highest BCUT2D eigenvalue weighted by Crippen LogP contribution is 2.30. The topological polar surface area (TPSA) is 72.3 Å². The van der Waals surface area contributed by atoms with Crippen molar-refractivity contribution in [3.05, 3.63) is 60.0 Å². The lowest BCUT2D eigenvalue weighted by Gasteiger charge is -2.35. The second-order valence-electron chi connectivity index (χ2n) is 8.56. The summed E-state index contributed by atoms with van der Waals surface area (Å²) in [5, 5.41) is 3.19. The first kappa shape index (κ1) is 19.2. The van der Waals surface area contributed by atoms with Crippen LogP contribution in [0.25, 0.3) is 11.2 Å². The fraction of sp³-hybridized carbons (Fsp3) is 0.435. The lowest BCUT2D eigenvalue weighted by Crippen LogP contribution is -2.43. The lowest BCUT2D eigenvalue weighted by molar-refractivity contribution is -0.0502. The van der Waals surface area contributed by atoms with Gasteiger partial charge in [0.15, 0.2) is 5.65 Å². The minimum atomic E-state index is -0.0890. The van der Waals surface area contributed by atoms with Crippen molar-refractivity contribution < 1.29 is 9.53 Å². The number of ether oxygens (including phenoxy) is 1. The summed E-state index contributed by atoms with van der Waals surface area (Å²) in [5.74, 6) is -0.0890. The Hall–Kier alpha value is -2.77. The number of carbonyl (C=O) groups excluding carboxylic acids is 1. The fourth-order valence-electron chi connectivity index (χ4n) is 4.54. The van der Waals surface area contributed by atoms with Gasteiger partial charge >= 0.3 is 0 Å². The van der Waals surface area contributed by atoms with Crippen molar-refractivity contribution in [1.82, 2.24) is 24.8 Å². The molecular formula is C23H27N5O2. The molecule has 0 unspecified atom stereocenters. The van der Waals surface area contributed by atoms with Gasteiger partial charge in [0.05, 0.1) is 24.6 Å². The number of pyridine rings is 1. The quantitative estimate of drug-likeness (QED) is 0.723. The van der Waals surface area contributed by atoms with E-state index in [-0.39, 0.29) is 24.1 Å². The van der Waals surface area contributed by atoms with Gasteiger partial charge in [0.1, 0.15) is 5.52 Å². The van der Waals surface area contributed by atoms with E-state index in [1.54, 1.807) is 12.5 Å². The first-order valence-electron chi connectivity index (χ1n) is 10.6. The Morgan fingerprint density at radius 2 is 2.03 bits per heavy atom. The monoisotopic (exact) mass is 405 g/mol. The fourth-order valence-corrected chi connectivity index (χ4v) is 4.54. The molecule has 2 aliphatic heterocycles. The highest BCUT2D eigenvalue weighted by atomic mass is 16.5. The minimum Gasteiger partial charge on any atom is -0.371 e. The maximum absolute atomic E-state index is 12.8. The Kier molecular flexibility index (Phi) is 5.00. The molecule has 3 atom stereocenters. The van der Waals surface area contributed by atoms with Gasteiger partial charge in [0.25, 0.3) is 5.91 Å². The molecule has 2 aromatic heterocycles. The van der Waals surface area contributed by atoms with E-state index in [4.69, 9.17) is 4.74 Å². The number of aromatic nitrogens is 3. The summed E-state index contributed by atoms with van der Waals surface area (Å²) in [6.45, 7) is 6.59. The number of rotatable bonds is 4. The normalized spacial score (nSPS) is 24.3. The molecule has 1 aromatic carbocycles. The molecular weight excluding hydrogens is 378 g/mol. The predicted molar refractivity (Wildman–Crippen MR) is 114 cm³/mol. The van der Waals surface area contributed by atoms with E-state index in [0.29, 0.717) is 18.2 Å². The second-order valence-corrected chi connectivity index (χ2v) is 8.56. The number of carbonyl (C=O) groups is 1. The third-order valence-electron chi connectivity index (χ3n) is 6.16. The van der Waals surface area contributed by atoms with Gasteiger partial charge in [-0.15, -0.1) is 0 Å². The molecule has 1 N–H and O–H groups in total. The van der Waals surface area contributed by atoms with Crippen LogP contribution < -0.4 is 5.32 Å². The van der Waals surface area contributed by atoms with E-state index in [1.165, 1.54) is 5.56 Å². The molecule has 30 heavy (non-hydrogen) atoms. The highest BCUT2D eigenvalue weighted by Gasteiger charge is 2.38. The molecule has 156 valence electrons. The number of nitrogens with one attached hydrogen (secondary N) is 1. The molecule has 7 heteroatoms. The van der Waals surface area contributed by atoms with Gasteiger partial charge in [0, 0.05) is 37.4 Å². The molecule has 0 radical (unpaired) electrons. The van der Waals surface area contributed by atoms with E-state index < -0.39 is 0 Å². The van der Waals surface area contributed by atoms with Crippen molar-refractivity contribution in [2.45, 2.75) is 44.5 Å². The summed E-state index contributed by atoms with van der Waals surface area (Å²) in [5.41, 5.74) is 3.33. The number of fused-ring (bicyclic) bond motifs is 2. The second kappa shape index (κ2) is 7.81. The largest absolute Gasteiger partial charge is 0.371 e. The zero-order valence-corrected chi connectivity index (χ0v) is 17.4. The number of amides is 1. The van der Waals surface area contributed by atoms with Gasteiger partial charge in [-0.3, -0.25) is 9.69 Å². The lowest BCUT2D eigenvalue weighted by atomic mass is 10.1. The van der Waals surface area contributed by atoms with Crippen LogP contribution in [0.5, 0.6) is 0 Å². The third kappa shape index (κ3) is 3.59. The van der Waals surface area contributed by atoms with Crippen LogP contribution in [-0.2, 0) is 4.74 Å². The van der Waals surface area contributed by atoms with Crippen LogP contribution in [0.15, 0.2) is 48.9 Å². The summed E-state index contributed by atoms with van der Waals surface area (Å²) in [6.07, 6.45) is 4.43. The van der Waals surface area contributed by atoms with Crippen molar-refractivity contribution in [3.63, 3.8) is 0 Å². The smallest absolute Gasteiger partial charge is 0.253 e. The van der Waals surface area contributed by atoms with Crippen molar-refractivity contribution in [2.24, 2.45) is 0 Å². The molecule has 0 aliphatic carbocycles. The van der Waals surface area contributed by atoms with Gasteiger partial charge in [0.2, 0.25) is 0 Å². The Balaban J connectivity index is 1.24. The van der Waals surface area contributed by atoms with Crippen LogP contribution in [0.1, 0.15) is 48.3 Å². The van der Waals surface area contributed by atoms with Crippen LogP contribution in [0.3, 0.4) is 0 Å². The molecule has 3 aromatic rings. The van der Waals surface area contributed by atoms with E-state index in [0.717, 1.165) is 30.7 Å². The number of benzene rings is 1. The van der Waals surface area contributed by atoms with Gasteiger partial charge in [-0.25, -0.2) is 9.97 Å². The Labute approximate surface area is 176 Å². The molecule has 7 nitrogen and oxygen atoms in total. The van der Waals surface area contributed by atoms with Crippen LogP contribution in [0.2, 0.25) is 0 Å². The van der Waals surface area contributed by atoms with E-state index in [1.807, 2.05) is 28.8 Å². The zero-order valence-electron chi connectivity index (χ0n) is 17.4. The van der Waals surface area contributed by atoms with E-state index >= 15 is 0 Å². The Bertz CT molecular complexity index is 1050. The third-order valence-corrected chi connectivity index (χ3v) is 6.16. The van der Waals surface area contributed by atoms with Crippen LogP contribution in [0.4, 0.5) is 0 Å². The van der Waals surface area contributed by atoms with Crippen molar-refractivity contribution in [1.29, 1.82) is 0 Å². The van der Waals surface area contributed by atoms with Crippen molar-refractivity contribution in [3.8, 4) is 0 Å². The zero-order chi connectivity index (χ0) is 20.7. The van der Waals surface area contributed by atoms with Crippen molar-refractivity contribution in [2.75, 3.05) is 19.7 Å². The summed E-state index contributed by atoms with van der Waals surface area (Å²) in [4.78, 5) is 24.2. The molecule has 0 spiro atoms. The Morgan fingerprint density at radius 3 is 2.83 bits per heavy atom. The van der Waals surface area contributed by atoms with E-state index in [9.17, 15) is 4.79 Å². The number of nitrogens with zero attached hydrogens (tertiary/aromatic N) is 4. The van der Waals surface area contributed by atoms with Crippen molar-refractivity contribution >= 4 is 17.1 Å². The number of morpholine rings is 1.